The molecule has 0 aliphatic carbocycles. The van der Waals surface area contributed by atoms with Gasteiger partial charge in [0.15, 0.2) is 0 Å². The first-order valence-corrected chi connectivity index (χ1v) is 5.44. The molecule has 0 aliphatic heterocycles. The van der Waals surface area contributed by atoms with Gasteiger partial charge in [-0.2, -0.15) is 13.1 Å². The number of nitrogens with one attached hydrogen (secondary N) is 2. The summed E-state index contributed by atoms with van der Waals surface area (Å²) in [6, 6.07) is 0. The van der Waals surface area contributed by atoms with Crippen LogP contribution in [0.1, 0.15) is 40.5 Å². The molecule has 2 N–H and O–H groups in total. The van der Waals surface area contributed by atoms with Gasteiger partial charge in [0, 0.05) is 0 Å². The molecule has 0 amide bonds. The van der Waals surface area contributed by atoms with Crippen molar-refractivity contribution in [3.63, 3.8) is 0 Å². The van der Waals surface area contributed by atoms with E-state index < -0.39 is 0 Å². The van der Waals surface area contributed by atoms with E-state index in [0.29, 0.717) is 0 Å². The molecule has 0 aromatic rings. The Morgan fingerprint density at radius 1 is 0.632 bits per heavy atom. The molecule has 7 heteroatoms. The molecule has 0 fully saturated rings. The Balaban J connectivity index is -0.0000000900. The van der Waals surface area contributed by atoms with E-state index in [1.54, 1.807) is 0 Å². The molecule has 0 heterocycles. The molecule has 1 radical (unpaired) electrons. The van der Waals surface area contributed by atoms with Crippen LogP contribution in [0.25, 0.3) is 11.5 Å². The van der Waals surface area contributed by atoms with Gasteiger partial charge < -0.3 is 11.5 Å². The van der Waals surface area contributed by atoms with E-state index in [-0.39, 0.29) is 66.1 Å². The van der Waals surface area contributed by atoms with Crippen LogP contribution in [0.15, 0.2) is 0 Å². The minimum absolute atomic E-state index is 0. The Morgan fingerprint density at radius 2 is 0.789 bits per heavy atom. The number of carbonyl (C=O) groups excluding carboxylic acids is 4. The van der Waals surface area contributed by atoms with Gasteiger partial charge in [-0.25, -0.2) is 0 Å². The predicted octanol–water partition coefficient (Wildman–Crippen LogP) is 2.20. The van der Waals surface area contributed by atoms with Gasteiger partial charge in [-0.05, 0) is 27.7 Å². The van der Waals surface area contributed by atoms with Crippen molar-refractivity contribution < 1.29 is 36.2 Å². The van der Waals surface area contributed by atoms with Crippen LogP contribution in [0.5, 0.6) is 0 Å². The molecule has 6 nitrogen and oxygen atoms in total. The van der Waals surface area contributed by atoms with Crippen LogP contribution in [0.2, 0.25) is 0 Å². The number of hydrogen-bond donors (Lipinski definition) is 0. The van der Waals surface area contributed by atoms with E-state index in [2.05, 4.69) is 0 Å². The number of ketones is 4. The Bertz CT molecular complexity index is 229. The SMILES string of the molecule is CC(=O)CC(C)=O.CC(=O)CC(C)=O.[Cu+2].[NH-]CC[NH-]. The van der Waals surface area contributed by atoms with Crippen molar-refractivity contribution in [2.45, 2.75) is 40.5 Å². The van der Waals surface area contributed by atoms with E-state index in [4.69, 9.17) is 11.5 Å². The van der Waals surface area contributed by atoms with E-state index in [1.165, 1.54) is 27.7 Å². The van der Waals surface area contributed by atoms with Crippen molar-refractivity contribution in [3.05, 3.63) is 11.5 Å². The molecule has 0 bridgehead atoms. The summed E-state index contributed by atoms with van der Waals surface area (Å²) in [5, 5.41) is 0. The number of rotatable bonds is 5. The van der Waals surface area contributed by atoms with Crippen molar-refractivity contribution >= 4 is 23.1 Å². The Kier molecular flexibility index (Phi) is 27.3. The summed E-state index contributed by atoms with van der Waals surface area (Å²) in [6.45, 7) is 6.09. The zero-order chi connectivity index (χ0) is 15.1. The quantitative estimate of drug-likeness (QED) is 0.569. The largest absolute Gasteiger partial charge is 2.00 e. The second-order valence-corrected chi connectivity index (χ2v) is 3.66. The summed E-state index contributed by atoms with van der Waals surface area (Å²) in [5.74, 6) is -0.250. The smallest absolute Gasteiger partial charge is 0.679 e. The van der Waals surface area contributed by atoms with E-state index in [0.717, 1.165) is 0 Å². The fourth-order valence-electron chi connectivity index (χ4n) is 0.701. The normalized spacial score (nSPS) is 7.68. The van der Waals surface area contributed by atoms with Crippen LogP contribution < -0.4 is 0 Å². The molecule has 115 valence electrons. The molecular formula is C12H22CuN2O4. The molecule has 0 spiro atoms. The fraction of sp³-hybridized carbons (Fsp3) is 0.667. The fourth-order valence-corrected chi connectivity index (χ4v) is 0.701. The minimum Gasteiger partial charge on any atom is -0.679 e. The maximum absolute atomic E-state index is 10.0. The molecule has 0 rings (SSSR count). The first kappa shape index (κ1) is 26.6. The van der Waals surface area contributed by atoms with Gasteiger partial charge >= 0.3 is 17.1 Å². The molecule has 0 saturated heterocycles. The number of Topliss-reactive ketones (excluding diaryl/α,β-unsaturated/α-hetero) is 4. The van der Waals surface area contributed by atoms with Crippen LogP contribution in [0.4, 0.5) is 0 Å². The summed E-state index contributed by atoms with van der Waals surface area (Å²) in [7, 11) is 0. The predicted molar refractivity (Wildman–Crippen MR) is 70.3 cm³/mol. The van der Waals surface area contributed by atoms with Crippen LogP contribution in [-0.4, -0.2) is 36.2 Å². The van der Waals surface area contributed by atoms with Gasteiger partial charge in [-0.3, -0.25) is 19.2 Å². The molecular weight excluding hydrogens is 300 g/mol. The Morgan fingerprint density at radius 3 is 0.789 bits per heavy atom. The number of carbonyl (C=O) groups is 4. The molecule has 0 aliphatic rings. The average Bonchev–Trinajstić information content (AvgIpc) is 2.14. The van der Waals surface area contributed by atoms with E-state index in [9.17, 15) is 19.2 Å². The Labute approximate surface area is 125 Å². The first-order chi connectivity index (χ1) is 8.17. The van der Waals surface area contributed by atoms with Gasteiger partial charge in [-0.1, -0.05) is 0 Å². The Hall–Kier alpha value is -0.881. The van der Waals surface area contributed by atoms with Crippen LogP contribution in [-0.2, 0) is 36.2 Å². The molecule has 0 aromatic heterocycles. The maximum atomic E-state index is 10.0. The number of hydrogen-bond acceptors (Lipinski definition) is 4. The second-order valence-electron chi connectivity index (χ2n) is 3.66. The van der Waals surface area contributed by atoms with Gasteiger partial charge in [0.25, 0.3) is 0 Å². The van der Waals surface area contributed by atoms with Gasteiger partial charge in [0.05, 0.1) is 12.8 Å². The minimum atomic E-state index is -0.0625. The summed E-state index contributed by atoms with van der Waals surface area (Å²) in [5.41, 5.74) is 12.5. The van der Waals surface area contributed by atoms with Gasteiger partial charge in [-0.15, -0.1) is 0 Å². The molecule has 0 saturated carbocycles. The van der Waals surface area contributed by atoms with Crippen molar-refractivity contribution in [1.29, 1.82) is 0 Å². The summed E-state index contributed by atoms with van der Waals surface area (Å²) in [4.78, 5) is 40.1. The van der Waals surface area contributed by atoms with Crippen molar-refractivity contribution in [2.24, 2.45) is 0 Å². The van der Waals surface area contributed by atoms with E-state index in [1.807, 2.05) is 0 Å². The molecule has 19 heavy (non-hydrogen) atoms. The molecule has 0 aromatic carbocycles. The van der Waals surface area contributed by atoms with Gasteiger partial charge in [0.2, 0.25) is 0 Å². The summed E-state index contributed by atoms with van der Waals surface area (Å²) < 4.78 is 0. The first-order valence-electron chi connectivity index (χ1n) is 5.44. The van der Waals surface area contributed by atoms with E-state index >= 15 is 0 Å². The molecule has 0 unspecified atom stereocenters. The monoisotopic (exact) mass is 321 g/mol. The van der Waals surface area contributed by atoms with Gasteiger partial charge in [0.1, 0.15) is 23.1 Å². The second kappa shape index (κ2) is 19.5. The topological polar surface area (TPSA) is 116 Å². The van der Waals surface area contributed by atoms with Crippen molar-refractivity contribution in [1.82, 2.24) is 0 Å². The van der Waals surface area contributed by atoms with Crippen LogP contribution in [0, 0.1) is 0 Å². The average molecular weight is 322 g/mol. The standard InChI is InChI=1S/2C5H8O2.C2H6N2.Cu/c2*1-4(6)3-5(2)7;3-1-2-4;/h2*3H2,1-2H3;3-4H,1-2H2;/q;;-2;+2. The maximum Gasteiger partial charge on any atom is 2.00 e. The van der Waals surface area contributed by atoms with Crippen LogP contribution in [0.3, 0.4) is 0 Å². The third kappa shape index (κ3) is 59.4. The zero-order valence-corrected chi connectivity index (χ0v) is 12.7. The van der Waals surface area contributed by atoms with Crippen LogP contribution >= 0.6 is 0 Å². The summed E-state index contributed by atoms with van der Waals surface area (Å²) >= 11 is 0. The third-order valence-corrected chi connectivity index (χ3v) is 1.12. The summed E-state index contributed by atoms with van der Waals surface area (Å²) in [6.07, 6.45) is 0.167. The van der Waals surface area contributed by atoms with Crippen molar-refractivity contribution in [3.8, 4) is 0 Å². The molecule has 0 atom stereocenters. The zero-order valence-electron chi connectivity index (χ0n) is 11.8. The van der Waals surface area contributed by atoms with Crippen molar-refractivity contribution in [2.75, 3.05) is 13.1 Å². The third-order valence-electron chi connectivity index (χ3n) is 1.12.